The van der Waals surface area contributed by atoms with Gasteiger partial charge in [-0.25, -0.2) is 19.0 Å². The molecule has 3 aromatic rings. The number of H-pyrrole nitrogens is 1. The zero-order chi connectivity index (χ0) is 18.7. The number of anilines is 2. The largest absolute Gasteiger partial charge is 0.465 e. The molecule has 0 aliphatic rings. The highest BCUT2D eigenvalue weighted by Crippen LogP contribution is 2.22. The SMILES string of the molecule is C[C@@H](NC(=O)Nc1cc2[nH]nc(NC(=O)O)c2cn1)c1ccccc1F. The van der Waals surface area contributed by atoms with Crippen LogP contribution >= 0.6 is 0 Å². The molecule has 26 heavy (non-hydrogen) atoms. The topological polar surface area (TPSA) is 132 Å². The van der Waals surface area contributed by atoms with Gasteiger partial charge in [-0.15, -0.1) is 0 Å². The first kappa shape index (κ1) is 17.1. The number of hydrogen-bond donors (Lipinski definition) is 5. The fourth-order valence-corrected chi connectivity index (χ4v) is 2.43. The summed E-state index contributed by atoms with van der Waals surface area (Å²) in [6.45, 7) is 1.66. The van der Waals surface area contributed by atoms with Crippen molar-refractivity contribution in [1.29, 1.82) is 0 Å². The van der Waals surface area contributed by atoms with E-state index in [9.17, 15) is 14.0 Å². The van der Waals surface area contributed by atoms with Gasteiger partial charge in [-0.1, -0.05) is 18.2 Å². The van der Waals surface area contributed by atoms with Gasteiger partial charge in [-0.2, -0.15) is 5.10 Å². The van der Waals surface area contributed by atoms with Crippen molar-refractivity contribution in [3.05, 3.63) is 47.9 Å². The number of carbonyl (C=O) groups excluding carboxylic acids is 1. The Morgan fingerprint density at radius 2 is 2.04 bits per heavy atom. The standard InChI is InChI=1S/C16H15FN6O3/c1-8(9-4-2-3-5-11(9)17)19-15(24)20-13-6-12-10(7-18-13)14(23-22-12)21-16(25)26/h2-8H,1H3,(H,25,26)(H2,21,22,23)(H2,18,19,20,24)/t8-/m1/s1. The summed E-state index contributed by atoms with van der Waals surface area (Å²) in [5.41, 5.74) is 0.852. The Balaban J connectivity index is 1.69. The number of aromatic nitrogens is 3. The van der Waals surface area contributed by atoms with E-state index >= 15 is 0 Å². The van der Waals surface area contributed by atoms with Crippen molar-refractivity contribution in [3.63, 3.8) is 0 Å². The van der Waals surface area contributed by atoms with Crippen LogP contribution in [0, 0.1) is 5.82 Å². The molecule has 0 spiro atoms. The molecule has 0 radical (unpaired) electrons. The van der Waals surface area contributed by atoms with Crippen LogP contribution < -0.4 is 16.0 Å². The molecule has 0 aliphatic heterocycles. The number of hydrogen-bond acceptors (Lipinski definition) is 4. The number of pyridine rings is 1. The van der Waals surface area contributed by atoms with Crippen LogP contribution in [0.25, 0.3) is 10.9 Å². The van der Waals surface area contributed by atoms with Crippen LogP contribution in [0.2, 0.25) is 0 Å². The van der Waals surface area contributed by atoms with Crippen molar-refractivity contribution in [2.24, 2.45) is 0 Å². The minimum Gasteiger partial charge on any atom is -0.465 e. The Hall–Kier alpha value is -3.69. The number of carboxylic acid groups (broad SMARTS) is 1. The maximum absolute atomic E-state index is 13.7. The molecule has 1 aromatic carbocycles. The molecule has 9 nitrogen and oxygen atoms in total. The van der Waals surface area contributed by atoms with Crippen molar-refractivity contribution in [1.82, 2.24) is 20.5 Å². The average molecular weight is 358 g/mol. The summed E-state index contributed by atoms with van der Waals surface area (Å²) in [6, 6.07) is 6.57. The number of nitrogens with zero attached hydrogens (tertiary/aromatic N) is 2. The van der Waals surface area contributed by atoms with Crippen LogP contribution in [0.3, 0.4) is 0 Å². The van der Waals surface area contributed by atoms with E-state index in [2.05, 4.69) is 31.1 Å². The number of benzene rings is 1. The molecule has 1 atom stereocenters. The Morgan fingerprint density at radius 3 is 2.77 bits per heavy atom. The van der Waals surface area contributed by atoms with Crippen molar-refractivity contribution in [2.75, 3.05) is 10.6 Å². The number of aromatic amines is 1. The molecule has 3 rings (SSSR count). The molecule has 2 aromatic heterocycles. The molecule has 0 fully saturated rings. The molecular formula is C16H15FN6O3. The number of fused-ring (bicyclic) bond motifs is 1. The molecule has 3 amide bonds. The van der Waals surface area contributed by atoms with Crippen LogP contribution in [0.4, 0.5) is 25.6 Å². The van der Waals surface area contributed by atoms with Gasteiger partial charge in [0.05, 0.1) is 16.9 Å². The fourth-order valence-electron chi connectivity index (χ4n) is 2.43. The molecule has 0 saturated heterocycles. The number of carbonyl (C=O) groups is 2. The third-order valence-corrected chi connectivity index (χ3v) is 3.63. The molecule has 2 heterocycles. The first-order valence-electron chi connectivity index (χ1n) is 7.60. The van der Waals surface area contributed by atoms with E-state index in [1.165, 1.54) is 18.3 Å². The smallest absolute Gasteiger partial charge is 0.410 e. The minimum absolute atomic E-state index is 0.115. The average Bonchev–Trinajstić information content (AvgIpc) is 2.96. The lowest BCUT2D eigenvalue weighted by Gasteiger charge is -2.15. The van der Waals surface area contributed by atoms with Gasteiger partial charge in [0, 0.05) is 17.8 Å². The van der Waals surface area contributed by atoms with Crippen molar-refractivity contribution in [3.8, 4) is 0 Å². The molecule has 5 N–H and O–H groups in total. The molecule has 134 valence electrons. The van der Waals surface area contributed by atoms with E-state index in [1.807, 2.05) is 0 Å². The summed E-state index contributed by atoms with van der Waals surface area (Å²) in [7, 11) is 0. The molecule has 0 aliphatic carbocycles. The van der Waals surface area contributed by atoms with Crippen LogP contribution in [0.1, 0.15) is 18.5 Å². The summed E-state index contributed by atoms with van der Waals surface area (Å²) in [4.78, 5) is 26.8. The van der Waals surface area contributed by atoms with Crippen molar-refractivity contribution < 1.29 is 19.1 Å². The van der Waals surface area contributed by atoms with Gasteiger partial charge >= 0.3 is 12.1 Å². The predicted molar refractivity (Wildman–Crippen MR) is 92.5 cm³/mol. The first-order chi connectivity index (χ1) is 12.4. The highest BCUT2D eigenvalue weighted by atomic mass is 19.1. The lowest BCUT2D eigenvalue weighted by molar-refractivity contribution is 0.209. The van der Waals surface area contributed by atoms with Crippen LogP contribution in [-0.4, -0.2) is 32.4 Å². The van der Waals surface area contributed by atoms with Gasteiger partial charge in [0.15, 0.2) is 5.82 Å². The van der Waals surface area contributed by atoms with E-state index in [0.29, 0.717) is 16.5 Å². The third kappa shape index (κ3) is 3.69. The molecule has 0 unspecified atom stereocenters. The normalized spacial score (nSPS) is 11.8. The quantitative estimate of drug-likeness (QED) is 0.489. The van der Waals surface area contributed by atoms with E-state index in [-0.39, 0.29) is 11.6 Å². The predicted octanol–water partition coefficient (Wildman–Crippen LogP) is 3.07. The summed E-state index contributed by atoms with van der Waals surface area (Å²) in [6.07, 6.45) is 0.127. The van der Waals surface area contributed by atoms with Crippen LogP contribution in [0.5, 0.6) is 0 Å². The maximum atomic E-state index is 13.7. The van der Waals surface area contributed by atoms with Crippen molar-refractivity contribution in [2.45, 2.75) is 13.0 Å². The summed E-state index contributed by atoms with van der Waals surface area (Å²) >= 11 is 0. The number of halogens is 1. The molecule has 10 heteroatoms. The highest BCUT2D eigenvalue weighted by Gasteiger charge is 2.14. The number of urea groups is 1. The Bertz CT molecular complexity index is 974. The monoisotopic (exact) mass is 358 g/mol. The van der Waals surface area contributed by atoms with Gasteiger partial charge in [0.1, 0.15) is 11.6 Å². The van der Waals surface area contributed by atoms with Gasteiger partial charge in [0.2, 0.25) is 0 Å². The van der Waals surface area contributed by atoms with E-state index < -0.39 is 24.0 Å². The lowest BCUT2D eigenvalue weighted by atomic mass is 10.1. The highest BCUT2D eigenvalue weighted by molar-refractivity contribution is 5.98. The number of nitrogens with one attached hydrogen (secondary N) is 4. The van der Waals surface area contributed by atoms with E-state index in [0.717, 1.165) is 0 Å². The van der Waals surface area contributed by atoms with Gasteiger partial charge in [-0.05, 0) is 13.0 Å². The van der Waals surface area contributed by atoms with Crippen LogP contribution in [0.15, 0.2) is 36.5 Å². The number of amides is 3. The Morgan fingerprint density at radius 1 is 1.27 bits per heavy atom. The van der Waals surface area contributed by atoms with Gasteiger partial charge in [-0.3, -0.25) is 15.7 Å². The Labute approximate surface area is 146 Å². The van der Waals surface area contributed by atoms with Gasteiger partial charge < -0.3 is 10.4 Å². The summed E-state index contributed by atoms with van der Waals surface area (Å²) in [5, 5.41) is 23.0. The zero-order valence-corrected chi connectivity index (χ0v) is 13.6. The van der Waals surface area contributed by atoms with Crippen LogP contribution in [-0.2, 0) is 0 Å². The third-order valence-electron chi connectivity index (χ3n) is 3.63. The number of rotatable bonds is 4. The fraction of sp³-hybridized carbons (Fsp3) is 0.125. The van der Waals surface area contributed by atoms with E-state index in [4.69, 9.17) is 5.11 Å². The summed E-state index contributed by atoms with van der Waals surface area (Å²) < 4.78 is 13.7. The molecular weight excluding hydrogens is 343 g/mol. The minimum atomic E-state index is -1.25. The molecule has 0 bridgehead atoms. The zero-order valence-electron chi connectivity index (χ0n) is 13.6. The molecule has 0 saturated carbocycles. The van der Waals surface area contributed by atoms with Gasteiger partial charge in [0.25, 0.3) is 0 Å². The second-order valence-electron chi connectivity index (χ2n) is 5.46. The first-order valence-corrected chi connectivity index (χ1v) is 7.60. The maximum Gasteiger partial charge on any atom is 0.410 e. The Kier molecular flexibility index (Phi) is 4.65. The second kappa shape index (κ2) is 7.05. The second-order valence-corrected chi connectivity index (χ2v) is 5.46. The van der Waals surface area contributed by atoms with Crippen molar-refractivity contribution >= 4 is 34.7 Å². The lowest BCUT2D eigenvalue weighted by Crippen LogP contribution is -2.31. The van der Waals surface area contributed by atoms with E-state index in [1.54, 1.807) is 25.1 Å². The summed E-state index contributed by atoms with van der Waals surface area (Å²) in [5.74, 6) is -0.0683.